The number of likely N-dealkylation sites (N-methyl/N-ethyl adjacent to an activating group) is 1. The number of rotatable bonds is 5. The van der Waals surface area contributed by atoms with Gasteiger partial charge in [-0.2, -0.15) is 10.2 Å². The largest absolute Gasteiger partial charge is 0.324 e. The number of pyridine rings is 1. The van der Waals surface area contributed by atoms with Gasteiger partial charge in [-0.3, -0.25) is 0 Å². The van der Waals surface area contributed by atoms with Crippen LogP contribution >= 0.6 is 7.14 Å². The van der Waals surface area contributed by atoms with Gasteiger partial charge in [-0.25, -0.2) is 9.97 Å². The number of nitriles is 1. The highest BCUT2D eigenvalue weighted by atomic mass is 31.2. The van der Waals surface area contributed by atoms with Crippen LogP contribution in [0.3, 0.4) is 0 Å². The van der Waals surface area contributed by atoms with Crippen molar-refractivity contribution < 1.29 is 4.57 Å². The van der Waals surface area contributed by atoms with Gasteiger partial charge >= 0.3 is 0 Å². The van der Waals surface area contributed by atoms with Gasteiger partial charge in [0.05, 0.1) is 6.20 Å². The van der Waals surface area contributed by atoms with Crippen molar-refractivity contribution in [3.63, 3.8) is 0 Å². The number of anilines is 4. The number of nitrogens with one attached hydrogen (secondary N) is 2. The summed E-state index contributed by atoms with van der Waals surface area (Å²) in [7, 11) is -0.332. The lowest BCUT2D eigenvalue weighted by molar-refractivity contribution is 0.266. The predicted octanol–water partition coefficient (Wildman–Crippen LogP) is 4.34. The highest BCUT2D eigenvalue weighted by Crippen LogP contribution is 2.40. The zero-order chi connectivity index (χ0) is 23.9. The topological polar surface area (TPSA) is 107 Å². The minimum Gasteiger partial charge on any atom is -0.324 e. The highest BCUT2D eigenvalue weighted by Gasteiger charge is 2.29. The quantitative estimate of drug-likeness (QED) is 0.527. The van der Waals surface area contributed by atoms with Crippen LogP contribution in [0.2, 0.25) is 0 Å². The zero-order valence-corrected chi connectivity index (χ0v) is 20.6. The number of aromatic nitrogens is 3. The molecular formula is C25H28N7OP. The molecule has 0 saturated heterocycles. The number of hydrogen-bond donors (Lipinski definition) is 2. The fourth-order valence-electron chi connectivity index (χ4n) is 4.97. The van der Waals surface area contributed by atoms with E-state index in [0.717, 1.165) is 25.2 Å². The van der Waals surface area contributed by atoms with Gasteiger partial charge in [0, 0.05) is 18.8 Å². The van der Waals surface area contributed by atoms with Crippen LogP contribution in [0.25, 0.3) is 0 Å². The molecule has 1 aliphatic heterocycles. The van der Waals surface area contributed by atoms with Crippen LogP contribution in [-0.2, 0) is 17.5 Å². The van der Waals surface area contributed by atoms with Gasteiger partial charge in [0.25, 0.3) is 0 Å². The van der Waals surface area contributed by atoms with Crippen LogP contribution in [0.4, 0.5) is 23.3 Å². The summed E-state index contributed by atoms with van der Waals surface area (Å²) in [6.45, 7) is 5.42. The maximum atomic E-state index is 12.4. The fraction of sp³-hybridized carbons (Fsp3) is 0.360. The van der Waals surface area contributed by atoms with Crippen molar-refractivity contribution in [1.82, 2.24) is 19.9 Å². The molecule has 2 N–H and O–H groups in total. The second-order valence-electron chi connectivity index (χ2n) is 9.54. The smallest absolute Gasteiger partial charge is 0.229 e. The molecule has 0 spiro atoms. The van der Waals surface area contributed by atoms with E-state index in [0.29, 0.717) is 34.5 Å². The molecule has 0 saturated carbocycles. The first-order valence-electron chi connectivity index (χ1n) is 11.5. The van der Waals surface area contributed by atoms with Crippen LogP contribution in [0.15, 0.2) is 36.5 Å². The lowest BCUT2D eigenvalue weighted by Crippen LogP contribution is -2.33. The van der Waals surface area contributed by atoms with E-state index in [1.165, 1.54) is 35.7 Å². The summed E-state index contributed by atoms with van der Waals surface area (Å²) in [6, 6.07) is 11.8. The van der Waals surface area contributed by atoms with Gasteiger partial charge in [-0.1, -0.05) is 6.07 Å². The molecule has 5 rings (SSSR count). The van der Waals surface area contributed by atoms with Gasteiger partial charge in [-0.15, -0.1) is 0 Å². The molecule has 1 aromatic carbocycles. The molecule has 3 heterocycles. The maximum absolute atomic E-state index is 12.4. The minimum absolute atomic E-state index is 0.305. The summed E-state index contributed by atoms with van der Waals surface area (Å²) in [4.78, 5) is 15.8. The zero-order valence-electron chi connectivity index (χ0n) is 19.7. The summed E-state index contributed by atoms with van der Waals surface area (Å²) in [5, 5.41) is 16.0. The SMILES string of the molecule is CN1Cc2cc(Nc3ncc(C#N)c(Nc4cccc(P(C)(C)=O)n4)n3)cc3c2[C@H](CCC3)C1. The second kappa shape index (κ2) is 8.83. The first-order valence-corrected chi connectivity index (χ1v) is 14.1. The molecule has 0 amide bonds. The fourth-order valence-corrected chi connectivity index (χ4v) is 5.77. The van der Waals surface area contributed by atoms with E-state index in [9.17, 15) is 9.83 Å². The van der Waals surface area contributed by atoms with Crippen molar-refractivity contribution in [1.29, 1.82) is 5.26 Å². The van der Waals surface area contributed by atoms with E-state index in [1.807, 2.05) is 0 Å². The average Bonchev–Trinajstić information content (AvgIpc) is 2.79. The van der Waals surface area contributed by atoms with E-state index in [2.05, 4.69) is 55.7 Å². The minimum atomic E-state index is -2.51. The number of aryl methyl sites for hydroxylation is 1. The Morgan fingerprint density at radius 3 is 2.79 bits per heavy atom. The summed E-state index contributed by atoms with van der Waals surface area (Å²) in [5.74, 6) is 1.86. The van der Waals surface area contributed by atoms with Crippen molar-refractivity contribution in [3.05, 3.63) is 58.8 Å². The van der Waals surface area contributed by atoms with Crippen molar-refractivity contribution >= 4 is 35.8 Å². The standard InChI is InChI=1S/C25H28N7OP/c1-32-14-17-7-4-6-16-10-20(11-18(15-32)23(16)17)28-25-27-13-19(12-26)24(31-25)30-21-8-5-9-22(29-21)34(2,3)33/h5,8-11,13,17H,4,6-7,14-15H2,1-3H3,(H2,27,28,29,30,31)/t17-/m1/s1. The summed E-state index contributed by atoms with van der Waals surface area (Å²) < 4.78 is 12.4. The molecule has 1 atom stereocenters. The summed E-state index contributed by atoms with van der Waals surface area (Å²) >= 11 is 0. The third-order valence-corrected chi connectivity index (χ3v) is 7.78. The molecule has 1 aliphatic carbocycles. The van der Waals surface area contributed by atoms with Crippen LogP contribution in [-0.4, -0.2) is 46.8 Å². The first-order chi connectivity index (χ1) is 16.3. The third-order valence-electron chi connectivity index (χ3n) is 6.43. The van der Waals surface area contributed by atoms with E-state index in [4.69, 9.17) is 0 Å². The van der Waals surface area contributed by atoms with Crippen molar-refractivity contribution in [2.24, 2.45) is 0 Å². The van der Waals surface area contributed by atoms with Crippen LogP contribution < -0.4 is 16.1 Å². The molecule has 0 unspecified atom stereocenters. The predicted molar refractivity (Wildman–Crippen MR) is 135 cm³/mol. The monoisotopic (exact) mass is 473 g/mol. The summed E-state index contributed by atoms with van der Waals surface area (Å²) in [5.41, 5.74) is 6.11. The van der Waals surface area contributed by atoms with Crippen molar-refractivity contribution in [2.45, 2.75) is 31.7 Å². The molecule has 3 aromatic rings. The molecule has 0 bridgehead atoms. The first kappa shape index (κ1) is 22.5. The Morgan fingerprint density at radius 1 is 1.18 bits per heavy atom. The maximum Gasteiger partial charge on any atom is 0.229 e. The molecule has 8 nitrogen and oxygen atoms in total. The van der Waals surface area contributed by atoms with Gasteiger partial charge in [0.1, 0.15) is 30.0 Å². The Kier molecular flexibility index (Phi) is 5.85. The molecule has 34 heavy (non-hydrogen) atoms. The average molecular weight is 474 g/mol. The lowest BCUT2D eigenvalue weighted by Gasteiger charge is -2.37. The van der Waals surface area contributed by atoms with Crippen molar-refractivity contribution in [2.75, 3.05) is 37.6 Å². The van der Waals surface area contributed by atoms with Gasteiger partial charge in [0.2, 0.25) is 5.95 Å². The third kappa shape index (κ3) is 4.54. The summed E-state index contributed by atoms with van der Waals surface area (Å²) in [6.07, 6.45) is 5.06. The number of nitrogens with zero attached hydrogens (tertiary/aromatic N) is 5. The van der Waals surface area contributed by atoms with Gasteiger partial charge in [0.15, 0.2) is 5.82 Å². The van der Waals surface area contributed by atoms with E-state index in [1.54, 1.807) is 31.5 Å². The van der Waals surface area contributed by atoms with Crippen LogP contribution in [0.5, 0.6) is 0 Å². The number of benzene rings is 1. The Hall–Kier alpha value is -3.27. The molecule has 2 aliphatic rings. The Bertz CT molecular complexity index is 1340. The van der Waals surface area contributed by atoms with Crippen molar-refractivity contribution in [3.8, 4) is 6.07 Å². The van der Waals surface area contributed by atoms with E-state index >= 15 is 0 Å². The van der Waals surface area contributed by atoms with E-state index < -0.39 is 7.14 Å². The molecule has 9 heteroatoms. The van der Waals surface area contributed by atoms with E-state index in [-0.39, 0.29) is 0 Å². The normalized spacial score (nSPS) is 17.5. The molecule has 174 valence electrons. The molecule has 0 radical (unpaired) electrons. The number of hydrogen-bond acceptors (Lipinski definition) is 8. The van der Waals surface area contributed by atoms with Crippen LogP contribution in [0.1, 0.15) is 41.0 Å². The molecular weight excluding hydrogens is 445 g/mol. The van der Waals surface area contributed by atoms with Gasteiger partial charge in [-0.05, 0) is 86.5 Å². The Balaban J connectivity index is 1.44. The molecule has 0 fully saturated rings. The van der Waals surface area contributed by atoms with Crippen LogP contribution in [0, 0.1) is 11.3 Å². The Labute approximate surface area is 199 Å². The molecule has 2 aromatic heterocycles. The highest BCUT2D eigenvalue weighted by molar-refractivity contribution is 7.69. The second-order valence-corrected chi connectivity index (χ2v) is 12.7. The Morgan fingerprint density at radius 2 is 2.00 bits per heavy atom. The van der Waals surface area contributed by atoms with Gasteiger partial charge < -0.3 is 20.1 Å². The lowest BCUT2D eigenvalue weighted by atomic mass is 9.77.